The number of methoxy groups -OCH3 is 1. The van der Waals surface area contributed by atoms with E-state index >= 15 is 0 Å². The summed E-state index contributed by atoms with van der Waals surface area (Å²) in [6, 6.07) is 6.85. The van der Waals surface area contributed by atoms with Gasteiger partial charge in [0.15, 0.2) is 0 Å². The van der Waals surface area contributed by atoms with Gasteiger partial charge in [0.05, 0.1) is 7.11 Å². The molecule has 3 aliphatic rings. The standard InChI is InChI=1S/C21H30O/c1-4-14-11-20-19-7-5-15-12-16(22-3)6-8-17(15)18(19)9-10-21(20,2)13-14/h6,8,12,14,18-20H,4-5,7,9-11,13H2,1-3H3/t14?,18?,19?,20?,21-/m1/s1. The van der Waals surface area contributed by atoms with Gasteiger partial charge in [0.25, 0.3) is 0 Å². The van der Waals surface area contributed by atoms with Crippen molar-refractivity contribution in [3.63, 3.8) is 0 Å². The van der Waals surface area contributed by atoms with Crippen molar-refractivity contribution < 1.29 is 4.74 Å². The van der Waals surface area contributed by atoms with Gasteiger partial charge in [0, 0.05) is 0 Å². The molecule has 0 saturated heterocycles. The lowest BCUT2D eigenvalue weighted by atomic mass is 9.56. The molecule has 22 heavy (non-hydrogen) atoms. The molecule has 4 rings (SSSR count). The van der Waals surface area contributed by atoms with E-state index in [9.17, 15) is 0 Å². The summed E-state index contributed by atoms with van der Waals surface area (Å²) in [6.07, 6.45) is 9.90. The number of hydrogen-bond donors (Lipinski definition) is 0. The van der Waals surface area contributed by atoms with Crippen LogP contribution in [0.1, 0.15) is 69.4 Å². The molecule has 0 heterocycles. The average Bonchev–Trinajstić information content (AvgIpc) is 2.90. The summed E-state index contributed by atoms with van der Waals surface area (Å²) in [5.74, 6) is 4.77. The van der Waals surface area contributed by atoms with Crippen molar-refractivity contribution in [2.24, 2.45) is 23.2 Å². The third kappa shape index (κ3) is 2.12. The zero-order valence-corrected chi connectivity index (χ0v) is 14.4. The minimum Gasteiger partial charge on any atom is -0.497 e. The van der Waals surface area contributed by atoms with Gasteiger partial charge < -0.3 is 4.74 Å². The van der Waals surface area contributed by atoms with Crippen LogP contribution in [0.25, 0.3) is 0 Å². The van der Waals surface area contributed by atoms with E-state index in [0.717, 1.165) is 29.4 Å². The number of rotatable bonds is 2. The maximum absolute atomic E-state index is 5.43. The van der Waals surface area contributed by atoms with Crippen molar-refractivity contribution in [3.05, 3.63) is 29.3 Å². The molecule has 5 atom stereocenters. The van der Waals surface area contributed by atoms with E-state index < -0.39 is 0 Å². The van der Waals surface area contributed by atoms with E-state index in [-0.39, 0.29) is 0 Å². The third-order valence-electron chi connectivity index (χ3n) is 7.37. The molecule has 2 fully saturated rings. The molecular formula is C21H30O. The van der Waals surface area contributed by atoms with Crippen LogP contribution in [0.15, 0.2) is 18.2 Å². The second-order valence-electron chi connectivity index (χ2n) is 8.39. The van der Waals surface area contributed by atoms with Crippen molar-refractivity contribution in [1.82, 2.24) is 0 Å². The predicted octanol–water partition coefficient (Wildman–Crippen LogP) is 5.58. The number of aryl methyl sites for hydroxylation is 1. The molecule has 0 bridgehead atoms. The largest absolute Gasteiger partial charge is 0.497 e. The average molecular weight is 298 g/mol. The van der Waals surface area contributed by atoms with Gasteiger partial charge in [-0.25, -0.2) is 0 Å². The fourth-order valence-corrected chi connectivity index (χ4v) is 6.21. The van der Waals surface area contributed by atoms with Gasteiger partial charge in [-0.3, -0.25) is 0 Å². The molecule has 0 radical (unpaired) electrons. The Kier molecular flexibility index (Phi) is 3.51. The number of benzene rings is 1. The molecule has 0 amide bonds. The Morgan fingerprint density at radius 1 is 1.27 bits per heavy atom. The molecule has 1 nitrogen and oxygen atoms in total. The summed E-state index contributed by atoms with van der Waals surface area (Å²) in [7, 11) is 1.78. The number of hydrogen-bond acceptors (Lipinski definition) is 1. The Balaban J connectivity index is 1.65. The lowest BCUT2D eigenvalue weighted by Gasteiger charge is -2.49. The molecule has 120 valence electrons. The summed E-state index contributed by atoms with van der Waals surface area (Å²) >= 11 is 0. The minimum atomic E-state index is 0.645. The summed E-state index contributed by atoms with van der Waals surface area (Å²) in [5, 5.41) is 0. The van der Waals surface area contributed by atoms with Crippen LogP contribution in [0.4, 0.5) is 0 Å². The van der Waals surface area contributed by atoms with E-state index in [1.54, 1.807) is 18.2 Å². The monoisotopic (exact) mass is 298 g/mol. The van der Waals surface area contributed by atoms with Crippen LogP contribution in [-0.4, -0.2) is 7.11 Å². The zero-order valence-electron chi connectivity index (χ0n) is 14.4. The van der Waals surface area contributed by atoms with Crippen LogP contribution in [-0.2, 0) is 6.42 Å². The van der Waals surface area contributed by atoms with E-state index in [1.165, 1.54) is 44.9 Å². The van der Waals surface area contributed by atoms with E-state index in [0.29, 0.717) is 5.41 Å². The highest BCUT2D eigenvalue weighted by Crippen LogP contribution is 2.62. The van der Waals surface area contributed by atoms with Gasteiger partial charge in [-0.1, -0.05) is 26.3 Å². The van der Waals surface area contributed by atoms with Crippen LogP contribution in [0.3, 0.4) is 0 Å². The lowest BCUT2D eigenvalue weighted by Crippen LogP contribution is -2.39. The molecule has 3 aliphatic carbocycles. The first kappa shape index (κ1) is 14.6. The fraction of sp³-hybridized carbons (Fsp3) is 0.714. The zero-order chi connectivity index (χ0) is 15.3. The van der Waals surface area contributed by atoms with E-state index in [4.69, 9.17) is 4.74 Å². The highest BCUT2D eigenvalue weighted by Gasteiger charge is 2.52. The quantitative estimate of drug-likeness (QED) is 0.693. The van der Waals surface area contributed by atoms with Crippen LogP contribution in [0, 0.1) is 23.2 Å². The molecule has 1 heteroatoms. The molecule has 0 aromatic heterocycles. The highest BCUT2D eigenvalue weighted by molar-refractivity contribution is 5.40. The van der Waals surface area contributed by atoms with Crippen molar-refractivity contribution in [2.45, 2.75) is 64.7 Å². The maximum Gasteiger partial charge on any atom is 0.119 e. The normalized spacial score (nSPS) is 39.8. The van der Waals surface area contributed by atoms with Gasteiger partial charge in [-0.15, -0.1) is 0 Å². The van der Waals surface area contributed by atoms with Gasteiger partial charge in [0.2, 0.25) is 0 Å². The second-order valence-corrected chi connectivity index (χ2v) is 8.39. The predicted molar refractivity (Wildman–Crippen MR) is 91.4 cm³/mol. The Morgan fingerprint density at radius 3 is 2.91 bits per heavy atom. The van der Waals surface area contributed by atoms with Crippen molar-refractivity contribution in [1.29, 1.82) is 0 Å². The molecule has 0 spiro atoms. The lowest BCUT2D eigenvalue weighted by molar-refractivity contribution is 0.0597. The third-order valence-corrected chi connectivity index (χ3v) is 7.37. The molecule has 0 N–H and O–H groups in total. The summed E-state index contributed by atoms with van der Waals surface area (Å²) in [6.45, 7) is 5.00. The molecule has 2 saturated carbocycles. The fourth-order valence-electron chi connectivity index (χ4n) is 6.21. The number of ether oxygens (including phenoxy) is 1. The molecular weight excluding hydrogens is 268 g/mol. The van der Waals surface area contributed by atoms with Gasteiger partial charge >= 0.3 is 0 Å². The first-order chi connectivity index (χ1) is 10.6. The van der Waals surface area contributed by atoms with Crippen LogP contribution in [0.2, 0.25) is 0 Å². The highest BCUT2D eigenvalue weighted by atomic mass is 16.5. The van der Waals surface area contributed by atoms with Crippen LogP contribution >= 0.6 is 0 Å². The summed E-state index contributed by atoms with van der Waals surface area (Å²) < 4.78 is 5.43. The summed E-state index contributed by atoms with van der Waals surface area (Å²) in [5.41, 5.74) is 3.86. The van der Waals surface area contributed by atoms with Gasteiger partial charge in [-0.05, 0) is 90.9 Å². The van der Waals surface area contributed by atoms with Crippen molar-refractivity contribution >= 4 is 0 Å². The second kappa shape index (κ2) is 5.28. The van der Waals surface area contributed by atoms with Crippen LogP contribution in [0.5, 0.6) is 5.75 Å². The molecule has 1 aromatic rings. The van der Waals surface area contributed by atoms with E-state index in [2.05, 4.69) is 32.0 Å². The Labute approximate surface area is 135 Å². The Bertz CT molecular complexity index is 563. The maximum atomic E-state index is 5.43. The van der Waals surface area contributed by atoms with Gasteiger partial charge in [0.1, 0.15) is 5.75 Å². The van der Waals surface area contributed by atoms with Crippen molar-refractivity contribution in [2.75, 3.05) is 7.11 Å². The first-order valence-corrected chi connectivity index (χ1v) is 9.31. The smallest absolute Gasteiger partial charge is 0.119 e. The van der Waals surface area contributed by atoms with E-state index in [1.807, 2.05) is 0 Å². The molecule has 4 unspecified atom stereocenters. The Hall–Kier alpha value is -0.980. The van der Waals surface area contributed by atoms with Crippen molar-refractivity contribution in [3.8, 4) is 5.75 Å². The number of fused-ring (bicyclic) bond motifs is 5. The first-order valence-electron chi connectivity index (χ1n) is 9.31. The van der Waals surface area contributed by atoms with Crippen LogP contribution < -0.4 is 4.74 Å². The molecule has 0 aliphatic heterocycles. The SMILES string of the molecule is CCC1CC2C3CCc4cc(OC)ccc4C3CC[C@]2(C)C1. The minimum absolute atomic E-state index is 0.645. The Morgan fingerprint density at radius 2 is 2.14 bits per heavy atom. The summed E-state index contributed by atoms with van der Waals surface area (Å²) in [4.78, 5) is 0. The van der Waals surface area contributed by atoms with Gasteiger partial charge in [-0.2, -0.15) is 0 Å². The topological polar surface area (TPSA) is 9.23 Å². The molecule has 1 aromatic carbocycles.